The van der Waals surface area contributed by atoms with Gasteiger partial charge in [-0.3, -0.25) is 9.59 Å². The number of ether oxygens (including phenoxy) is 2. The first-order valence-corrected chi connectivity index (χ1v) is 6.33. The lowest BCUT2D eigenvalue weighted by Crippen LogP contribution is -2.39. The predicted octanol–water partition coefficient (Wildman–Crippen LogP) is 2.31. The highest BCUT2D eigenvalue weighted by atomic mass is 16.6. The minimum absolute atomic E-state index is 0.245. The quantitative estimate of drug-likeness (QED) is 0.414. The number of esters is 2. The molecule has 0 spiro atoms. The summed E-state index contributed by atoms with van der Waals surface area (Å²) in [6.07, 6.45) is 1.55. The summed E-state index contributed by atoms with van der Waals surface area (Å²) in [5.41, 5.74) is -1.26. The van der Waals surface area contributed by atoms with Crippen molar-refractivity contribution < 1.29 is 19.1 Å². The van der Waals surface area contributed by atoms with Crippen LogP contribution in [0.1, 0.15) is 47.0 Å². The Balaban J connectivity index is 4.79. The van der Waals surface area contributed by atoms with Gasteiger partial charge in [0.15, 0.2) is 5.41 Å². The third-order valence-corrected chi connectivity index (χ3v) is 2.50. The Morgan fingerprint density at radius 3 is 1.89 bits per heavy atom. The van der Waals surface area contributed by atoms with Gasteiger partial charge >= 0.3 is 11.9 Å². The van der Waals surface area contributed by atoms with Crippen molar-refractivity contribution >= 4 is 11.9 Å². The molecule has 0 aromatic rings. The lowest BCUT2D eigenvalue weighted by atomic mass is 9.85. The van der Waals surface area contributed by atoms with Gasteiger partial charge in [-0.15, -0.1) is 11.8 Å². The molecule has 4 heteroatoms. The zero-order valence-corrected chi connectivity index (χ0v) is 11.7. The van der Waals surface area contributed by atoms with E-state index in [1.54, 1.807) is 20.8 Å². The van der Waals surface area contributed by atoms with Crippen LogP contribution in [0, 0.1) is 17.3 Å². The van der Waals surface area contributed by atoms with Crippen LogP contribution in [0.3, 0.4) is 0 Å². The third kappa shape index (κ3) is 4.79. The number of hydrogen-bond acceptors (Lipinski definition) is 4. The monoisotopic (exact) mass is 254 g/mol. The predicted molar refractivity (Wildman–Crippen MR) is 68.7 cm³/mol. The Hall–Kier alpha value is -1.50. The van der Waals surface area contributed by atoms with E-state index in [-0.39, 0.29) is 13.2 Å². The van der Waals surface area contributed by atoms with Crippen LogP contribution in [0.15, 0.2) is 0 Å². The fourth-order valence-electron chi connectivity index (χ4n) is 1.39. The van der Waals surface area contributed by atoms with Gasteiger partial charge in [-0.05, 0) is 27.2 Å². The molecule has 0 saturated heterocycles. The highest BCUT2D eigenvalue weighted by molar-refractivity contribution is 5.99. The first-order valence-electron chi connectivity index (χ1n) is 6.33. The second kappa shape index (κ2) is 8.57. The van der Waals surface area contributed by atoms with Gasteiger partial charge in [0.25, 0.3) is 0 Å². The molecule has 0 atom stereocenters. The smallest absolute Gasteiger partial charge is 0.323 e. The van der Waals surface area contributed by atoms with E-state index in [1.165, 1.54) is 0 Å². The summed E-state index contributed by atoms with van der Waals surface area (Å²) in [7, 11) is 0. The lowest BCUT2D eigenvalue weighted by molar-refractivity contribution is -0.171. The molecule has 18 heavy (non-hydrogen) atoms. The van der Waals surface area contributed by atoms with E-state index in [9.17, 15) is 9.59 Å². The van der Waals surface area contributed by atoms with Crippen molar-refractivity contribution in [3.05, 3.63) is 0 Å². The molecule has 0 aromatic heterocycles. The van der Waals surface area contributed by atoms with Crippen LogP contribution in [0.25, 0.3) is 0 Å². The summed E-state index contributed by atoms with van der Waals surface area (Å²) in [5, 5.41) is 0. The molecule has 0 aliphatic rings. The molecule has 0 radical (unpaired) electrons. The second-order valence-corrected chi connectivity index (χ2v) is 3.98. The summed E-state index contributed by atoms with van der Waals surface area (Å²) >= 11 is 0. The molecule has 102 valence electrons. The molecule has 0 aromatic carbocycles. The Morgan fingerprint density at radius 2 is 1.50 bits per heavy atom. The van der Waals surface area contributed by atoms with Crippen molar-refractivity contribution in [1.82, 2.24) is 0 Å². The van der Waals surface area contributed by atoms with Crippen LogP contribution in [0.5, 0.6) is 0 Å². The zero-order chi connectivity index (χ0) is 14.0. The molecule has 0 aliphatic carbocycles. The molecule has 0 bridgehead atoms. The van der Waals surface area contributed by atoms with Crippen molar-refractivity contribution in [2.75, 3.05) is 13.2 Å². The van der Waals surface area contributed by atoms with Gasteiger partial charge in [0.1, 0.15) is 0 Å². The topological polar surface area (TPSA) is 52.6 Å². The van der Waals surface area contributed by atoms with Crippen LogP contribution in [0.4, 0.5) is 0 Å². The SMILES string of the molecule is CCC#CCCC(C)(C(=O)OCC)C(=O)OCC. The van der Waals surface area contributed by atoms with Gasteiger partial charge in [0.2, 0.25) is 0 Å². The summed E-state index contributed by atoms with van der Waals surface area (Å²) < 4.78 is 9.89. The molecule has 0 rings (SSSR count). The summed E-state index contributed by atoms with van der Waals surface area (Å²) in [5.74, 6) is 4.75. The fraction of sp³-hybridized carbons (Fsp3) is 0.714. The van der Waals surface area contributed by atoms with Gasteiger partial charge < -0.3 is 9.47 Å². The van der Waals surface area contributed by atoms with Crippen LogP contribution < -0.4 is 0 Å². The molecule has 4 nitrogen and oxygen atoms in total. The van der Waals surface area contributed by atoms with Crippen molar-refractivity contribution in [2.24, 2.45) is 5.41 Å². The normalized spacial score (nSPS) is 10.2. The van der Waals surface area contributed by atoms with Crippen molar-refractivity contribution in [3.63, 3.8) is 0 Å². The van der Waals surface area contributed by atoms with Crippen LogP contribution in [-0.2, 0) is 19.1 Å². The second-order valence-electron chi connectivity index (χ2n) is 3.98. The van der Waals surface area contributed by atoms with Gasteiger partial charge in [-0.25, -0.2) is 0 Å². The van der Waals surface area contributed by atoms with Gasteiger partial charge in [-0.1, -0.05) is 6.92 Å². The number of carbonyl (C=O) groups is 2. The highest BCUT2D eigenvalue weighted by Crippen LogP contribution is 2.27. The first-order chi connectivity index (χ1) is 8.52. The molecule has 0 heterocycles. The van der Waals surface area contributed by atoms with E-state index >= 15 is 0 Å². The molecular weight excluding hydrogens is 232 g/mol. The molecular formula is C14H22O4. The first kappa shape index (κ1) is 16.5. The number of carbonyl (C=O) groups excluding carboxylic acids is 2. The average molecular weight is 254 g/mol. The van der Waals surface area contributed by atoms with E-state index in [0.29, 0.717) is 12.8 Å². The van der Waals surface area contributed by atoms with Crippen LogP contribution >= 0.6 is 0 Å². The third-order valence-electron chi connectivity index (χ3n) is 2.50. The van der Waals surface area contributed by atoms with E-state index in [0.717, 1.165) is 6.42 Å². The Morgan fingerprint density at radius 1 is 1.00 bits per heavy atom. The molecule has 0 N–H and O–H groups in total. The molecule has 0 aliphatic heterocycles. The minimum atomic E-state index is -1.26. The van der Waals surface area contributed by atoms with E-state index in [1.807, 2.05) is 6.92 Å². The Bertz CT molecular complexity index is 317. The van der Waals surface area contributed by atoms with E-state index < -0.39 is 17.4 Å². The Kier molecular flexibility index (Phi) is 7.86. The minimum Gasteiger partial charge on any atom is -0.465 e. The standard InChI is InChI=1S/C14H22O4/c1-5-8-9-10-11-14(4,12(15)17-6-2)13(16)18-7-3/h5-7,10-11H2,1-4H3. The largest absolute Gasteiger partial charge is 0.465 e. The zero-order valence-electron chi connectivity index (χ0n) is 11.7. The van der Waals surface area contributed by atoms with Gasteiger partial charge in [0.05, 0.1) is 13.2 Å². The van der Waals surface area contributed by atoms with Crippen molar-refractivity contribution in [2.45, 2.75) is 47.0 Å². The number of rotatable bonds is 6. The highest BCUT2D eigenvalue weighted by Gasteiger charge is 2.43. The maximum absolute atomic E-state index is 11.9. The lowest BCUT2D eigenvalue weighted by Gasteiger charge is -2.23. The fourth-order valence-corrected chi connectivity index (χ4v) is 1.39. The molecule has 0 fully saturated rings. The Labute approximate surface area is 109 Å². The van der Waals surface area contributed by atoms with Crippen LogP contribution in [-0.4, -0.2) is 25.2 Å². The summed E-state index contributed by atoms with van der Waals surface area (Å²) in [6, 6.07) is 0. The maximum Gasteiger partial charge on any atom is 0.323 e. The molecule has 0 saturated carbocycles. The maximum atomic E-state index is 11.9. The van der Waals surface area contributed by atoms with Crippen molar-refractivity contribution in [1.29, 1.82) is 0 Å². The van der Waals surface area contributed by atoms with E-state index in [2.05, 4.69) is 11.8 Å². The van der Waals surface area contributed by atoms with Gasteiger partial charge in [-0.2, -0.15) is 0 Å². The molecule has 0 unspecified atom stereocenters. The molecule has 0 amide bonds. The van der Waals surface area contributed by atoms with Crippen molar-refractivity contribution in [3.8, 4) is 11.8 Å². The average Bonchev–Trinajstić information content (AvgIpc) is 2.35. The summed E-state index contributed by atoms with van der Waals surface area (Å²) in [4.78, 5) is 23.7. The summed E-state index contributed by atoms with van der Waals surface area (Å²) in [6.45, 7) is 7.41. The van der Waals surface area contributed by atoms with Gasteiger partial charge in [0, 0.05) is 12.8 Å². The van der Waals surface area contributed by atoms with E-state index in [4.69, 9.17) is 9.47 Å². The number of hydrogen-bond donors (Lipinski definition) is 0. The van der Waals surface area contributed by atoms with Crippen LogP contribution in [0.2, 0.25) is 0 Å².